The summed E-state index contributed by atoms with van der Waals surface area (Å²) in [5, 5.41) is 3.03. The van der Waals surface area contributed by atoms with Crippen LogP contribution in [0.5, 0.6) is 0 Å². The Morgan fingerprint density at radius 3 is 1.16 bits per heavy atom. The molecule has 0 aromatic rings. The van der Waals surface area contributed by atoms with E-state index in [9.17, 15) is 19.0 Å². The summed E-state index contributed by atoms with van der Waals surface area (Å²) < 4.78 is 30.3. The van der Waals surface area contributed by atoms with Crippen molar-refractivity contribution in [3.05, 3.63) is 24.3 Å². The largest absolute Gasteiger partial charge is 0.756 e. The van der Waals surface area contributed by atoms with Crippen LogP contribution in [0.3, 0.4) is 0 Å². The zero-order valence-corrected chi connectivity index (χ0v) is 50.3. The predicted octanol–water partition coefficient (Wildman–Crippen LogP) is 18.7. The van der Waals surface area contributed by atoms with E-state index in [1.165, 1.54) is 225 Å². The number of quaternary nitrogens is 1. The zero-order valence-electron chi connectivity index (χ0n) is 49.4. The van der Waals surface area contributed by atoms with Crippen molar-refractivity contribution in [1.82, 2.24) is 5.32 Å². The summed E-state index contributed by atoms with van der Waals surface area (Å²) in [6.45, 7) is 6.87. The first-order chi connectivity index (χ1) is 35.4. The molecule has 0 aliphatic rings. The van der Waals surface area contributed by atoms with Crippen LogP contribution in [0.4, 0.5) is 0 Å². The maximum Gasteiger partial charge on any atom is 0.306 e. The number of amides is 1. The van der Waals surface area contributed by atoms with Gasteiger partial charge in [-0.3, -0.25) is 14.2 Å². The van der Waals surface area contributed by atoms with Crippen LogP contribution in [0, 0.1) is 0 Å². The van der Waals surface area contributed by atoms with Crippen molar-refractivity contribution in [2.24, 2.45) is 0 Å². The second kappa shape index (κ2) is 53.9. The average molecular weight is 1050 g/mol. The highest BCUT2D eigenvalue weighted by Crippen LogP contribution is 2.38. The maximum atomic E-state index is 13.5. The van der Waals surface area contributed by atoms with Gasteiger partial charge in [0, 0.05) is 12.8 Å². The molecule has 0 fully saturated rings. The van der Waals surface area contributed by atoms with Gasteiger partial charge in [-0.1, -0.05) is 270 Å². The van der Waals surface area contributed by atoms with E-state index in [2.05, 4.69) is 38.2 Å². The van der Waals surface area contributed by atoms with E-state index < -0.39 is 20.0 Å². The molecule has 0 aliphatic heterocycles. The molecule has 0 heterocycles. The fraction of sp³-hybridized carbons (Fsp3) is 0.905. The highest BCUT2D eigenvalue weighted by atomic mass is 31.2. The molecule has 0 aromatic heterocycles. The van der Waals surface area contributed by atoms with Gasteiger partial charge >= 0.3 is 5.97 Å². The summed E-state index contributed by atoms with van der Waals surface area (Å²) in [7, 11) is 1.20. The Bertz CT molecular complexity index is 1300. The van der Waals surface area contributed by atoms with Crippen molar-refractivity contribution in [2.75, 3.05) is 40.9 Å². The molecule has 0 aromatic carbocycles. The Morgan fingerprint density at radius 1 is 0.466 bits per heavy atom. The Balaban J connectivity index is 5.07. The van der Waals surface area contributed by atoms with E-state index >= 15 is 0 Å². The molecule has 0 saturated carbocycles. The molecule has 0 aliphatic carbocycles. The van der Waals surface area contributed by atoms with E-state index in [-0.39, 0.29) is 31.5 Å². The standard InChI is InChI=1S/C63H123N2O7P/c1-7-10-13-16-19-22-25-27-28-29-30-31-32-33-34-35-36-38-40-43-46-49-52-55-62(66)64-60(59-71-73(68,69)70-58-57-65(4,5)6)61(54-51-48-45-42-39-24-21-18-15-12-9-3)72-63(67)56-53-50-47-44-41-37-26-23-20-17-14-11-8-2/h27-28,51,54,60-61H,7-26,29-50,52-53,55-59H2,1-6H3,(H-,64,66,68,69)/b28-27+,54-51-. The van der Waals surface area contributed by atoms with E-state index in [4.69, 9.17) is 13.8 Å². The summed E-state index contributed by atoms with van der Waals surface area (Å²) in [6.07, 6.45) is 62.9. The Morgan fingerprint density at radius 2 is 0.795 bits per heavy atom. The molecule has 10 heteroatoms. The van der Waals surface area contributed by atoms with E-state index in [0.29, 0.717) is 17.4 Å². The lowest BCUT2D eigenvalue weighted by atomic mass is 10.0. The van der Waals surface area contributed by atoms with Crippen LogP contribution in [0.1, 0.15) is 316 Å². The molecule has 0 bridgehead atoms. The van der Waals surface area contributed by atoms with Gasteiger partial charge in [-0.15, -0.1) is 0 Å². The summed E-state index contributed by atoms with van der Waals surface area (Å²) in [4.78, 5) is 39.9. The normalized spacial score (nSPS) is 13.8. The fourth-order valence-electron chi connectivity index (χ4n) is 9.46. The number of phosphoric ester groups is 1. The first-order valence-corrected chi connectivity index (χ1v) is 33.1. The summed E-state index contributed by atoms with van der Waals surface area (Å²) in [5.74, 6) is -0.526. The minimum Gasteiger partial charge on any atom is -0.756 e. The first kappa shape index (κ1) is 71.5. The number of phosphoric acid groups is 1. The van der Waals surface area contributed by atoms with Gasteiger partial charge in [0.1, 0.15) is 19.3 Å². The number of ether oxygens (including phenoxy) is 1. The van der Waals surface area contributed by atoms with Gasteiger partial charge in [-0.2, -0.15) is 0 Å². The maximum absolute atomic E-state index is 13.5. The molecule has 1 amide bonds. The zero-order chi connectivity index (χ0) is 53.6. The highest BCUT2D eigenvalue weighted by Gasteiger charge is 2.27. The molecular weight excluding hydrogens is 928 g/mol. The van der Waals surface area contributed by atoms with E-state index in [0.717, 1.165) is 57.8 Å². The molecule has 3 unspecified atom stereocenters. The summed E-state index contributed by atoms with van der Waals surface area (Å²) in [6, 6.07) is -0.881. The molecule has 0 radical (unpaired) electrons. The molecule has 0 saturated heterocycles. The lowest BCUT2D eigenvalue weighted by Gasteiger charge is -2.30. The van der Waals surface area contributed by atoms with Gasteiger partial charge in [-0.25, -0.2) is 0 Å². The lowest BCUT2D eigenvalue weighted by Crippen LogP contribution is -2.47. The monoisotopic (exact) mass is 1050 g/mol. The average Bonchev–Trinajstić information content (AvgIpc) is 3.35. The third-order valence-electron chi connectivity index (χ3n) is 14.4. The van der Waals surface area contributed by atoms with Gasteiger partial charge < -0.3 is 28.5 Å². The minimum atomic E-state index is -4.69. The molecule has 0 rings (SSSR count). The summed E-state index contributed by atoms with van der Waals surface area (Å²) >= 11 is 0. The second-order valence-electron chi connectivity index (χ2n) is 22.9. The Kier molecular flexibility index (Phi) is 52.8. The van der Waals surface area contributed by atoms with Crippen LogP contribution >= 0.6 is 7.82 Å². The number of nitrogens with one attached hydrogen (secondary N) is 1. The molecule has 1 N–H and O–H groups in total. The van der Waals surface area contributed by atoms with Crippen molar-refractivity contribution < 1.29 is 37.3 Å². The van der Waals surface area contributed by atoms with Gasteiger partial charge in [0.15, 0.2) is 0 Å². The molecular formula is C63H123N2O7P. The van der Waals surface area contributed by atoms with Crippen molar-refractivity contribution in [3.8, 4) is 0 Å². The van der Waals surface area contributed by atoms with Crippen LogP contribution in [0.25, 0.3) is 0 Å². The topological polar surface area (TPSA) is 114 Å². The SMILES string of the molecule is CCCCCCCC/C=C/CCCCCCCCCCCCCCCC(=O)NC(COP(=O)([O-])OCC[N+](C)(C)C)C(/C=C\CCCCCCCCCCC)OC(=O)CCCCCCCCCCCCCCC. The van der Waals surface area contributed by atoms with Crippen molar-refractivity contribution in [3.63, 3.8) is 0 Å². The van der Waals surface area contributed by atoms with E-state index in [1.807, 2.05) is 33.3 Å². The number of unbranched alkanes of at least 4 members (excludes halogenated alkanes) is 40. The van der Waals surface area contributed by atoms with Crippen molar-refractivity contribution in [1.29, 1.82) is 0 Å². The number of carbonyl (C=O) groups is 2. The highest BCUT2D eigenvalue weighted by molar-refractivity contribution is 7.45. The number of nitrogens with zero attached hydrogens (tertiary/aromatic N) is 1. The number of carbonyl (C=O) groups excluding carboxylic acids is 2. The third kappa shape index (κ3) is 55.1. The number of allylic oxidation sites excluding steroid dienone is 3. The van der Waals surface area contributed by atoms with Gasteiger partial charge in [-0.05, 0) is 57.4 Å². The number of likely N-dealkylation sites (N-methyl/N-ethyl adjacent to an activating group) is 1. The van der Waals surface area contributed by atoms with Crippen LogP contribution in [-0.4, -0.2) is 69.4 Å². The van der Waals surface area contributed by atoms with Crippen LogP contribution in [-0.2, 0) is 27.9 Å². The fourth-order valence-corrected chi connectivity index (χ4v) is 10.2. The number of hydrogen-bond donors (Lipinski definition) is 1. The van der Waals surface area contributed by atoms with Crippen LogP contribution in [0.15, 0.2) is 24.3 Å². The smallest absolute Gasteiger partial charge is 0.306 e. The molecule has 73 heavy (non-hydrogen) atoms. The van der Waals surface area contributed by atoms with Gasteiger partial charge in [0.25, 0.3) is 7.82 Å². The number of rotatable bonds is 58. The third-order valence-corrected chi connectivity index (χ3v) is 15.3. The predicted molar refractivity (Wildman–Crippen MR) is 312 cm³/mol. The van der Waals surface area contributed by atoms with Crippen molar-refractivity contribution >= 4 is 19.7 Å². The number of esters is 1. The molecule has 0 spiro atoms. The molecule has 9 nitrogen and oxygen atoms in total. The van der Waals surface area contributed by atoms with Gasteiger partial charge in [0.05, 0.1) is 33.8 Å². The quantitative estimate of drug-likeness (QED) is 0.0212. The van der Waals surface area contributed by atoms with Crippen molar-refractivity contribution in [2.45, 2.75) is 328 Å². The second-order valence-corrected chi connectivity index (χ2v) is 24.3. The number of hydrogen-bond acceptors (Lipinski definition) is 7. The van der Waals surface area contributed by atoms with E-state index in [1.54, 1.807) is 0 Å². The summed E-state index contributed by atoms with van der Waals surface area (Å²) in [5.41, 5.74) is 0. The minimum absolute atomic E-state index is 0.0185. The molecule has 432 valence electrons. The Labute approximate surface area is 454 Å². The van der Waals surface area contributed by atoms with Gasteiger partial charge in [0.2, 0.25) is 5.91 Å². The lowest BCUT2D eigenvalue weighted by molar-refractivity contribution is -0.870. The van der Waals surface area contributed by atoms with Crippen LogP contribution in [0.2, 0.25) is 0 Å². The van der Waals surface area contributed by atoms with Crippen LogP contribution < -0.4 is 10.2 Å². The first-order valence-electron chi connectivity index (χ1n) is 31.6. The molecule has 3 atom stereocenters. The Hall–Kier alpha value is -1.51.